The molecule has 2 aromatic rings. The number of sulfonamides is 1. The van der Waals surface area contributed by atoms with Crippen LogP contribution in [-0.2, 0) is 16.6 Å². The average Bonchev–Trinajstić information content (AvgIpc) is 2.82. The molecule has 2 heterocycles. The van der Waals surface area contributed by atoms with Gasteiger partial charge in [-0.3, -0.25) is 4.68 Å². The number of rotatable bonds is 4. The lowest BCUT2D eigenvalue weighted by atomic mass is 10.2. The van der Waals surface area contributed by atoms with Crippen LogP contribution in [0.1, 0.15) is 31.2 Å². The van der Waals surface area contributed by atoms with E-state index in [2.05, 4.69) is 5.10 Å². The molecular formula is C16H21N3O2S. The highest BCUT2D eigenvalue weighted by atomic mass is 32.2. The quantitative estimate of drug-likeness (QED) is 0.870. The molecule has 0 amide bonds. The SMILES string of the molecule is O=S(=O)(c1cnn(Cc2ccccc2)c1)N1CCCCCC1. The highest BCUT2D eigenvalue weighted by molar-refractivity contribution is 7.89. The second kappa shape index (κ2) is 6.62. The number of hydrogen-bond donors (Lipinski definition) is 0. The summed E-state index contributed by atoms with van der Waals surface area (Å²) in [6.45, 7) is 1.81. The van der Waals surface area contributed by atoms with Crippen LogP contribution in [0.15, 0.2) is 47.6 Å². The van der Waals surface area contributed by atoms with Crippen LogP contribution in [0, 0.1) is 0 Å². The largest absolute Gasteiger partial charge is 0.267 e. The minimum absolute atomic E-state index is 0.297. The van der Waals surface area contributed by atoms with Gasteiger partial charge in [0.25, 0.3) is 0 Å². The van der Waals surface area contributed by atoms with E-state index < -0.39 is 10.0 Å². The fourth-order valence-electron chi connectivity index (χ4n) is 2.77. The molecule has 1 aromatic heterocycles. The minimum atomic E-state index is -3.41. The molecule has 0 N–H and O–H groups in total. The minimum Gasteiger partial charge on any atom is -0.267 e. The van der Waals surface area contributed by atoms with Gasteiger partial charge in [-0.1, -0.05) is 43.2 Å². The van der Waals surface area contributed by atoms with E-state index in [0.717, 1.165) is 31.2 Å². The maximum atomic E-state index is 12.7. The summed E-state index contributed by atoms with van der Waals surface area (Å²) in [6, 6.07) is 9.90. The smallest absolute Gasteiger partial charge is 0.246 e. The Hall–Kier alpha value is -1.66. The van der Waals surface area contributed by atoms with Crippen LogP contribution in [0.4, 0.5) is 0 Å². The van der Waals surface area contributed by atoms with E-state index >= 15 is 0 Å². The molecule has 1 fully saturated rings. The predicted octanol–water partition coefficient (Wildman–Crippen LogP) is 2.50. The van der Waals surface area contributed by atoms with Gasteiger partial charge in [-0.05, 0) is 18.4 Å². The topological polar surface area (TPSA) is 55.2 Å². The van der Waals surface area contributed by atoms with Gasteiger partial charge in [0.05, 0.1) is 12.7 Å². The van der Waals surface area contributed by atoms with E-state index in [-0.39, 0.29) is 0 Å². The highest BCUT2D eigenvalue weighted by Gasteiger charge is 2.26. The van der Waals surface area contributed by atoms with Gasteiger partial charge in [0.1, 0.15) is 4.90 Å². The summed E-state index contributed by atoms with van der Waals surface area (Å²) >= 11 is 0. The van der Waals surface area contributed by atoms with Gasteiger partial charge in [0.15, 0.2) is 0 Å². The third-order valence-electron chi connectivity index (χ3n) is 4.00. The number of benzene rings is 1. The Labute approximate surface area is 131 Å². The molecule has 1 aliphatic rings. The molecule has 5 nitrogen and oxygen atoms in total. The van der Waals surface area contributed by atoms with E-state index in [1.807, 2.05) is 30.3 Å². The van der Waals surface area contributed by atoms with Crippen molar-refractivity contribution in [1.29, 1.82) is 0 Å². The molecule has 3 rings (SSSR count). The van der Waals surface area contributed by atoms with Crippen LogP contribution in [0.25, 0.3) is 0 Å². The molecule has 0 unspecified atom stereocenters. The molecule has 0 bridgehead atoms. The molecule has 1 aliphatic heterocycles. The van der Waals surface area contributed by atoms with Crippen LogP contribution in [0.5, 0.6) is 0 Å². The Kier molecular flexibility index (Phi) is 4.59. The number of nitrogens with zero attached hydrogens (tertiary/aromatic N) is 3. The van der Waals surface area contributed by atoms with Crippen molar-refractivity contribution in [3.05, 3.63) is 48.3 Å². The van der Waals surface area contributed by atoms with E-state index in [9.17, 15) is 8.42 Å². The third-order valence-corrected chi connectivity index (χ3v) is 5.85. The first-order valence-corrected chi connectivity index (χ1v) is 9.17. The summed E-state index contributed by atoms with van der Waals surface area (Å²) in [6.07, 6.45) is 7.20. The third kappa shape index (κ3) is 3.39. The number of aromatic nitrogens is 2. The van der Waals surface area contributed by atoms with Gasteiger partial charge < -0.3 is 0 Å². The summed E-state index contributed by atoms with van der Waals surface area (Å²) in [5, 5.41) is 4.21. The summed E-state index contributed by atoms with van der Waals surface area (Å²) in [7, 11) is -3.41. The van der Waals surface area contributed by atoms with Crippen molar-refractivity contribution >= 4 is 10.0 Å². The molecule has 22 heavy (non-hydrogen) atoms. The normalized spacial score (nSPS) is 17.3. The van der Waals surface area contributed by atoms with Crippen molar-refractivity contribution in [2.45, 2.75) is 37.1 Å². The van der Waals surface area contributed by atoms with E-state index in [4.69, 9.17) is 0 Å². The average molecular weight is 319 g/mol. The van der Waals surface area contributed by atoms with Crippen LogP contribution in [0.2, 0.25) is 0 Å². The first-order valence-electron chi connectivity index (χ1n) is 7.73. The Morgan fingerprint density at radius 1 is 1.00 bits per heavy atom. The Balaban J connectivity index is 1.77. The zero-order valence-electron chi connectivity index (χ0n) is 12.6. The molecule has 0 radical (unpaired) electrons. The standard InChI is InChI=1S/C16H21N3O2S/c20-22(21,19-10-6-1-2-7-11-19)16-12-17-18(14-16)13-15-8-4-3-5-9-15/h3-5,8-9,12,14H,1-2,6-7,10-11,13H2. The molecule has 0 atom stereocenters. The Bertz CT molecular complexity index is 702. The Morgan fingerprint density at radius 2 is 1.68 bits per heavy atom. The molecule has 1 aromatic carbocycles. The van der Waals surface area contributed by atoms with Crippen molar-refractivity contribution in [2.75, 3.05) is 13.1 Å². The molecule has 0 spiro atoms. The molecule has 0 saturated carbocycles. The lowest BCUT2D eigenvalue weighted by Gasteiger charge is -2.18. The van der Waals surface area contributed by atoms with Gasteiger partial charge >= 0.3 is 0 Å². The van der Waals surface area contributed by atoms with E-state index in [0.29, 0.717) is 24.5 Å². The van der Waals surface area contributed by atoms with Gasteiger partial charge in [-0.15, -0.1) is 0 Å². The second-order valence-electron chi connectivity index (χ2n) is 5.68. The summed E-state index contributed by atoms with van der Waals surface area (Å²) in [5.41, 5.74) is 1.10. The van der Waals surface area contributed by atoms with Crippen LogP contribution >= 0.6 is 0 Å². The first kappa shape index (κ1) is 15.2. The Morgan fingerprint density at radius 3 is 2.36 bits per heavy atom. The lowest BCUT2D eigenvalue weighted by Crippen LogP contribution is -2.31. The van der Waals surface area contributed by atoms with E-state index in [1.165, 1.54) is 6.20 Å². The zero-order valence-corrected chi connectivity index (χ0v) is 13.4. The molecule has 118 valence electrons. The van der Waals surface area contributed by atoms with Crippen molar-refractivity contribution in [1.82, 2.24) is 14.1 Å². The monoisotopic (exact) mass is 319 g/mol. The second-order valence-corrected chi connectivity index (χ2v) is 7.62. The first-order chi connectivity index (χ1) is 10.7. The van der Waals surface area contributed by atoms with Crippen molar-refractivity contribution in [2.24, 2.45) is 0 Å². The maximum absolute atomic E-state index is 12.7. The summed E-state index contributed by atoms with van der Waals surface area (Å²) in [5.74, 6) is 0. The molecule has 0 aliphatic carbocycles. The van der Waals surface area contributed by atoms with Gasteiger partial charge in [0, 0.05) is 19.3 Å². The van der Waals surface area contributed by atoms with E-state index in [1.54, 1.807) is 15.2 Å². The fraction of sp³-hybridized carbons (Fsp3) is 0.438. The number of hydrogen-bond acceptors (Lipinski definition) is 3. The predicted molar refractivity (Wildman–Crippen MR) is 85.0 cm³/mol. The van der Waals surface area contributed by atoms with Crippen LogP contribution in [-0.4, -0.2) is 35.6 Å². The maximum Gasteiger partial charge on any atom is 0.246 e. The van der Waals surface area contributed by atoms with Crippen LogP contribution in [0.3, 0.4) is 0 Å². The summed E-state index contributed by atoms with van der Waals surface area (Å²) < 4.78 is 28.6. The lowest BCUT2D eigenvalue weighted by molar-refractivity contribution is 0.423. The van der Waals surface area contributed by atoms with Gasteiger partial charge in [-0.2, -0.15) is 9.40 Å². The molecule has 1 saturated heterocycles. The van der Waals surface area contributed by atoms with Gasteiger partial charge in [-0.25, -0.2) is 8.42 Å². The fourth-order valence-corrected chi connectivity index (χ4v) is 4.24. The molecular weight excluding hydrogens is 298 g/mol. The van der Waals surface area contributed by atoms with Crippen molar-refractivity contribution in [3.8, 4) is 0 Å². The highest BCUT2D eigenvalue weighted by Crippen LogP contribution is 2.20. The summed E-state index contributed by atoms with van der Waals surface area (Å²) in [4.78, 5) is 0.297. The zero-order chi connectivity index (χ0) is 15.4. The van der Waals surface area contributed by atoms with Crippen molar-refractivity contribution in [3.63, 3.8) is 0 Å². The van der Waals surface area contributed by atoms with Gasteiger partial charge in [0.2, 0.25) is 10.0 Å². The van der Waals surface area contributed by atoms with Crippen LogP contribution < -0.4 is 0 Å². The van der Waals surface area contributed by atoms with Crippen molar-refractivity contribution < 1.29 is 8.42 Å². The molecule has 6 heteroatoms.